The first-order valence-corrected chi connectivity index (χ1v) is 12.4. The number of nitrogens with two attached hydrogens (primary N) is 1. The quantitative estimate of drug-likeness (QED) is 0.547. The standard InChI is InChI=1S/C24H36N4O2S/c1-4-22(29)26-19(24(30)28-20(14-25)16-8-6-5-7-9-16)13-23-27-18-11-10-17(15(2)3)12-21(18)31-23/h10-12,15-16,19-20H,4-9,13-14,25H2,1-3H3,(H,26,29)(H,28,30)/t19-,20+/m0/s1. The van der Waals surface area contributed by atoms with Crippen LogP contribution in [0, 0.1) is 5.92 Å². The zero-order chi connectivity index (χ0) is 22.4. The summed E-state index contributed by atoms with van der Waals surface area (Å²) >= 11 is 1.59. The van der Waals surface area contributed by atoms with Crippen molar-refractivity contribution < 1.29 is 9.59 Å². The number of nitrogens with one attached hydrogen (secondary N) is 2. The molecule has 2 atom stereocenters. The van der Waals surface area contributed by atoms with Gasteiger partial charge < -0.3 is 16.4 Å². The third-order valence-electron chi connectivity index (χ3n) is 6.28. The van der Waals surface area contributed by atoms with Crippen LogP contribution in [0.25, 0.3) is 10.2 Å². The fraction of sp³-hybridized carbons (Fsp3) is 0.625. The van der Waals surface area contributed by atoms with Crippen LogP contribution in [0.15, 0.2) is 18.2 Å². The maximum atomic E-state index is 13.2. The summed E-state index contributed by atoms with van der Waals surface area (Å²) in [6, 6.07) is 5.63. The van der Waals surface area contributed by atoms with Crippen molar-refractivity contribution in [2.45, 2.75) is 83.7 Å². The first kappa shape index (κ1) is 23.7. The van der Waals surface area contributed by atoms with Gasteiger partial charge in [-0.2, -0.15) is 0 Å². The van der Waals surface area contributed by atoms with E-state index in [9.17, 15) is 9.59 Å². The van der Waals surface area contributed by atoms with Gasteiger partial charge in [-0.15, -0.1) is 11.3 Å². The fourth-order valence-corrected chi connectivity index (χ4v) is 5.37. The van der Waals surface area contributed by atoms with Crippen LogP contribution in [0.5, 0.6) is 0 Å². The molecule has 1 heterocycles. The Morgan fingerprint density at radius 2 is 1.94 bits per heavy atom. The third-order valence-corrected chi connectivity index (χ3v) is 7.32. The second-order valence-electron chi connectivity index (χ2n) is 8.92. The minimum absolute atomic E-state index is 0.0437. The number of hydrogen-bond donors (Lipinski definition) is 3. The molecule has 1 aromatic heterocycles. The molecule has 3 rings (SSSR count). The van der Waals surface area contributed by atoms with E-state index in [1.165, 1.54) is 24.8 Å². The number of aromatic nitrogens is 1. The van der Waals surface area contributed by atoms with E-state index in [2.05, 4.69) is 36.6 Å². The van der Waals surface area contributed by atoms with E-state index >= 15 is 0 Å². The van der Waals surface area contributed by atoms with Gasteiger partial charge in [0.2, 0.25) is 11.8 Å². The highest BCUT2D eigenvalue weighted by molar-refractivity contribution is 7.18. The Balaban J connectivity index is 1.75. The molecule has 0 radical (unpaired) electrons. The van der Waals surface area contributed by atoms with E-state index in [1.807, 2.05) is 6.07 Å². The Bertz CT molecular complexity index is 889. The second kappa shape index (κ2) is 11.0. The number of carbonyl (C=O) groups excluding carboxylic acids is 2. The van der Waals surface area contributed by atoms with E-state index in [0.717, 1.165) is 28.1 Å². The molecule has 0 spiro atoms. The zero-order valence-corrected chi connectivity index (χ0v) is 19.8. The lowest BCUT2D eigenvalue weighted by atomic mass is 9.84. The molecule has 31 heavy (non-hydrogen) atoms. The monoisotopic (exact) mass is 444 g/mol. The lowest BCUT2D eigenvalue weighted by Crippen LogP contribution is -2.54. The zero-order valence-electron chi connectivity index (χ0n) is 18.9. The summed E-state index contributed by atoms with van der Waals surface area (Å²) in [6.45, 7) is 6.55. The molecule has 170 valence electrons. The van der Waals surface area contributed by atoms with Gasteiger partial charge in [0.15, 0.2) is 0 Å². The van der Waals surface area contributed by atoms with Gasteiger partial charge in [-0.1, -0.05) is 46.1 Å². The number of thiazole rings is 1. The smallest absolute Gasteiger partial charge is 0.243 e. The van der Waals surface area contributed by atoms with Crippen LogP contribution in [0.2, 0.25) is 0 Å². The van der Waals surface area contributed by atoms with Crippen LogP contribution in [0.1, 0.15) is 75.8 Å². The molecule has 0 bridgehead atoms. The van der Waals surface area contributed by atoms with Crippen molar-refractivity contribution in [1.29, 1.82) is 0 Å². The van der Waals surface area contributed by atoms with Gasteiger partial charge in [0.1, 0.15) is 6.04 Å². The summed E-state index contributed by atoms with van der Waals surface area (Å²) in [5.41, 5.74) is 8.22. The molecule has 1 aliphatic carbocycles. The van der Waals surface area contributed by atoms with Crippen molar-refractivity contribution in [3.63, 3.8) is 0 Å². The lowest BCUT2D eigenvalue weighted by Gasteiger charge is -2.31. The minimum atomic E-state index is -0.643. The lowest BCUT2D eigenvalue weighted by molar-refractivity contribution is -0.129. The summed E-state index contributed by atoms with van der Waals surface area (Å²) in [5, 5.41) is 6.89. The Hall–Kier alpha value is -1.99. The van der Waals surface area contributed by atoms with Gasteiger partial charge in [-0.05, 0) is 42.4 Å². The Labute approximate surface area is 189 Å². The number of benzene rings is 1. The average molecular weight is 445 g/mol. The molecule has 1 aromatic carbocycles. The van der Waals surface area contributed by atoms with E-state index in [1.54, 1.807) is 18.3 Å². The molecule has 6 nitrogen and oxygen atoms in total. The van der Waals surface area contributed by atoms with Crippen LogP contribution >= 0.6 is 11.3 Å². The maximum absolute atomic E-state index is 13.2. The predicted molar refractivity (Wildman–Crippen MR) is 127 cm³/mol. The molecular weight excluding hydrogens is 408 g/mol. The molecule has 7 heteroatoms. The Morgan fingerprint density at radius 1 is 1.19 bits per heavy atom. The van der Waals surface area contributed by atoms with Crippen molar-refractivity contribution in [3.8, 4) is 0 Å². The highest BCUT2D eigenvalue weighted by atomic mass is 32.1. The van der Waals surface area contributed by atoms with Crippen molar-refractivity contribution in [2.75, 3.05) is 6.54 Å². The summed E-state index contributed by atoms with van der Waals surface area (Å²) in [7, 11) is 0. The Morgan fingerprint density at radius 3 is 2.58 bits per heavy atom. The van der Waals surface area contributed by atoms with Crippen LogP contribution in [-0.2, 0) is 16.0 Å². The number of fused-ring (bicyclic) bond motifs is 1. The highest BCUT2D eigenvalue weighted by Gasteiger charge is 2.28. The van der Waals surface area contributed by atoms with Gasteiger partial charge in [-0.25, -0.2) is 4.98 Å². The summed E-state index contributed by atoms with van der Waals surface area (Å²) < 4.78 is 1.12. The average Bonchev–Trinajstić information content (AvgIpc) is 3.18. The van der Waals surface area contributed by atoms with Crippen molar-refractivity contribution in [3.05, 3.63) is 28.8 Å². The van der Waals surface area contributed by atoms with E-state index in [0.29, 0.717) is 31.2 Å². The molecule has 0 saturated heterocycles. The fourth-order valence-electron chi connectivity index (χ4n) is 4.30. The van der Waals surface area contributed by atoms with Gasteiger partial charge in [0.25, 0.3) is 0 Å². The predicted octanol–water partition coefficient (Wildman–Crippen LogP) is 3.88. The van der Waals surface area contributed by atoms with Crippen LogP contribution in [0.4, 0.5) is 0 Å². The molecular formula is C24H36N4O2S. The van der Waals surface area contributed by atoms with Gasteiger partial charge in [0.05, 0.1) is 15.2 Å². The van der Waals surface area contributed by atoms with E-state index in [-0.39, 0.29) is 17.9 Å². The summed E-state index contributed by atoms with van der Waals surface area (Å²) in [4.78, 5) is 30.0. The molecule has 2 amide bonds. The molecule has 0 unspecified atom stereocenters. The third kappa shape index (κ3) is 6.26. The number of amides is 2. The Kier molecular flexibility index (Phi) is 8.43. The summed E-state index contributed by atoms with van der Waals surface area (Å²) in [5.74, 6) is 0.572. The molecule has 1 saturated carbocycles. The molecule has 1 fully saturated rings. The van der Waals surface area contributed by atoms with Crippen LogP contribution in [0.3, 0.4) is 0 Å². The molecule has 1 aliphatic rings. The largest absolute Gasteiger partial charge is 0.350 e. The van der Waals surface area contributed by atoms with Gasteiger partial charge >= 0.3 is 0 Å². The van der Waals surface area contributed by atoms with Gasteiger partial charge in [-0.3, -0.25) is 9.59 Å². The highest BCUT2D eigenvalue weighted by Crippen LogP contribution is 2.28. The number of nitrogens with zero attached hydrogens (tertiary/aromatic N) is 1. The summed E-state index contributed by atoms with van der Waals surface area (Å²) in [6.07, 6.45) is 6.57. The first-order valence-electron chi connectivity index (χ1n) is 11.6. The van der Waals surface area contributed by atoms with Crippen molar-refractivity contribution in [1.82, 2.24) is 15.6 Å². The van der Waals surface area contributed by atoms with Crippen LogP contribution < -0.4 is 16.4 Å². The SMILES string of the molecule is CCC(=O)N[C@@H](Cc1nc2ccc(C(C)C)cc2s1)C(=O)N[C@H](CN)C1CCCCC1. The molecule has 0 aliphatic heterocycles. The van der Waals surface area contributed by atoms with Crippen molar-refractivity contribution in [2.24, 2.45) is 11.7 Å². The van der Waals surface area contributed by atoms with Crippen molar-refractivity contribution >= 4 is 33.4 Å². The number of hydrogen-bond acceptors (Lipinski definition) is 5. The molecule has 4 N–H and O–H groups in total. The number of rotatable bonds is 9. The van der Waals surface area contributed by atoms with Crippen LogP contribution in [-0.4, -0.2) is 35.4 Å². The minimum Gasteiger partial charge on any atom is -0.350 e. The first-order chi connectivity index (χ1) is 14.9. The second-order valence-corrected chi connectivity index (χ2v) is 10.0. The van der Waals surface area contributed by atoms with Gasteiger partial charge in [0, 0.05) is 25.4 Å². The van der Waals surface area contributed by atoms with E-state index < -0.39 is 6.04 Å². The maximum Gasteiger partial charge on any atom is 0.243 e. The molecule has 2 aromatic rings. The van der Waals surface area contributed by atoms with E-state index in [4.69, 9.17) is 10.7 Å². The number of carbonyl (C=O) groups is 2. The normalized spacial score (nSPS) is 16.9. The topological polar surface area (TPSA) is 97.1 Å².